The minimum atomic E-state index is 0.379. The van der Waals surface area contributed by atoms with Gasteiger partial charge in [-0.3, -0.25) is 0 Å². The van der Waals surface area contributed by atoms with E-state index in [1.165, 1.54) is 0 Å². The van der Waals surface area contributed by atoms with E-state index in [0.29, 0.717) is 5.92 Å². The molecule has 0 aliphatic rings. The topological polar surface area (TPSA) is 37.8 Å². The molecule has 1 heterocycles. The molecule has 0 aliphatic carbocycles. The van der Waals surface area contributed by atoms with Crippen molar-refractivity contribution >= 4 is 21.7 Å². The van der Waals surface area contributed by atoms with E-state index in [9.17, 15) is 0 Å². The number of halogens is 1. The van der Waals surface area contributed by atoms with Crippen molar-refractivity contribution < 1.29 is 0 Å². The zero-order valence-corrected chi connectivity index (χ0v) is 13.2. The lowest BCUT2D eigenvalue weighted by Crippen LogP contribution is -2.02. The summed E-state index contributed by atoms with van der Waals surface area (Å²) in [6, 6.07) is 8.16. The summed E-state index contributed by atoms with van der Waals surface area (Å²) >= 11 is 3.48. The number of aryl methyl sites for hydroxylation is 1. The van der Waals surface area contributed by atoms with Gasteiger partial charge in [0.1, 0.15) is 5.82 Å². The second-order valence-corrected chi connectivity index (χ2v) is 5.78. The molecule has 0 amide bonds. The number of hydrogen-bond donors (Lipinski definition) is 1. The Balaban J connectivity index is 2.57. The summed E-state index contributed by atoms with van der Waals surface area (Å²) in [6.45, 7) is 6.35. The number of aromatic nitrogens is 2. The van der Waals surface area contributed by atoms with Crippen LogP contribution in [0.15, 0.2) is 28.7 Å². The fourth-order valence-corrected chi connectivity index (χ4v) is 2.36. The molecule has 1 N–H and O–H groups in total. The van der Waals surface area contributed by atoms with Crippen molar-refractivity contribution in [3.8, 4) is 11.4 Å². The molecule has 0 fully saturated rings. The van der Waals surface area contributed by atoms with E-state index in [1.54, 1.807) is 0 Å². The Bertz CT molecular complexity index is 594. The van der Waals surface area contributed by atoms with Crippen molar-refractivity contribution in [2.45, 2.75) is 26.7 Å². The Kier molecular flexibility index (Phi) is 4.20. The predicted octanol–water partition coefficient (Wildman–Crippen LogP) is 4.38. The van der Waals surface area contributed by atoms with Gasteiger partial charge in [-0.1, -0.05) is 29.8 Å². The van der Waals surface area contributed by atoms with Gasteiger partial charge in [0.2, 0.25) is 0 Å². The molecule has 2 rings (SSSR count). The van der Waals surface area contributed by atoms with Crippen molar-refractivity contribution in [1.29, 1.82) is 0 Å². The predicted molar refractivity (Wildman–Crippen MR) is 83.5 cm³/mol. The molecule has 0 spiro atoms. The third-order valence-electron chi connectivity index (χ3n) is 3.02. The highest BCUT2D eigenvalue weighted by Crippen LogP contribution is 2.26. The molecule has 1 aromatic heterocycles. The number of rotatable bonds is 3. The van der Waals surface area contributed by atoms with E-state index in [2.05, 4.69) is 64.1 Å². The molecule has 2 aromatic rings. The van der Waals surface area contributed by atoms with E-state index in [0.717, 1.165) is 32.9 Å². The van der Waals surface area contributed by atoms with Gasteiger partial charge in [-0.15, -0.1) is 0 Å². The first kappa shape index (κ1) is 14.0. The summed E-state index contributed by atoms with van der Waals surface area (Å²) in [4.78, 5) is 9.23. The number of nitrogens with one attached hydrogen (secondary N) is 1. The van der Waals surface area contributed by atoms with Crippen LogP contribution in [0.5, 0.6) is 0 Å². The lowest BCUT2D eigenvalue weighted by molar-refractivity contribution is 0.817. The molecule has 3 nitrogen and oxygen atoms in total. The van der Waals surface area contributed by atoms with Crippen LogP contribution in [0.4, 0.5) is 5.82 Å². The first-order chi connectivity index (χ1) is 9.01. The second kappa shape index (κ2) is 5.70. The maximum atomic E-state index is 4.68. The van der Waals surface area contributed by atoms with Crippen molar-refractivity contribution in [3.05, 3.63) is 40.0 Å². The number of anilines is 1. The first-order valence-electron chi connectivity index (χ1n) is 6.34. The second-order valence-electron chi connectivity index (χ2n) is 4.87. The van der Waals surface area contributed by atoms with Crippen LogP contribution in [-0.4, -0.2) is 17.0 Å². The van der Waals surface area contributed by atoms with Crippen LogP contribution in [0.25, 0.3) is 11.4 Å². The van der Waals surface area contributed by atoms with Gasteiger partial charge in [-0.25, -0.2) is 9.97 Å². The van der Waals surface area contributed by atoms with Crippen LogP contribution >= 0.6 is 15.9 Å². The summed E-state index contributed by atoms with van der Waals surface area (Å²) in [7, 11) is 1.88. The standard InChI is InChI=1S/C15H18BrN3/c1-9(2)13-8-14(17-4)19-15(18-13)12-6-5-11(16)7-10(12)3/h5-9H,1-4H3,(H,17,18,19). The first-order valence-corrected chi connectivity index (χ1v) is 7.14. The summed E-state index contributed by atoms with van der Waals surface area (Å²) < 4.78 is 1.07. The average molecular weight is 320 g/mol. The zero-order valence-electron chi connectivity index (χ0n) is 11.7. The molecule has 4 heteroatoms. The highest BCUT2D eigenvalue weighted by molar-refractivity contribution is 9.10. The SMILES string of the molecule is CNc1cc(C(C)C)nc(-c2ccc(Br)cc2C)n1. The minimum absolute atomic E-state index is 0.379. The molecule has 0 aliphatic heterocycles. The Hall–Kier alpha value is -1.42. The Labute approximate surface area is 122 Å². The third-order valence-corrected chi connectivity index (χ3v) is 3.52. The summed E-state index contributed by atoms with van der Waals surface area (Å²) in [6.07, 6.45) is 0. The minimum Gasteiger partial charge on any atom is -0.373 e. The highest BCUT2D eigenvalue weighted by Gasteiger charge is 2.11. The van der Waals surface area contributed by atoms with Crippen LogP contribution in [0.3, 0.4) is 0 Å². The zero-order chi connectivity index (χ0) is 14.0. The van der Waals surface area contributed by atoms with Crippen LogP contribution in [0, 0.1) is 6.92 Å². The molecule has 0 saturated carbocycles. The molecule has 0 radical (unpaired) electrons. The number of nitrogens with zero attached hydrogens (tertiary/aromatic N) is 2. The van der Waals surface area contributed by atoms with Crippen LogP contribution in [0.2, 0.25) is 0 Å². The van der Waals surface area contributed by atoms with Crippen molar-refractivity contribution in [1.82, 2.24) is 9.97 Å². The lowest BCUT2D eigenvalue weighted by atomic mass is 10.1. The van der Waals surface area contributed by atoms with Gasteiger partial charge in [0.15, 0.2) is 5.82 Å². The molecule has 0 unspecified atom stereocenters. The largest absolute Gasteiger partial charge is 0.373 e. The van der Waals surface area contributed by atoms with E-state index in [-0.39, 0.29) is 0 Å². The van der Waals surface area contributed by atoms with E-state index in [4.69, 9.17) is 0 Å². The molecular formula is C15H18BrN3. The molecule has 100 valence electrons. The Morgan fingerprint density at radius 2 is 1.89 bits per heavy atom. The van der Waals surface area contributed by atoms with Crippen LogP contribution < -0.4 is 5.32 Å². The quantitative estimate of drug-likeness (QED) is 0.912. The third kappa shape index (κ3) is 3.13. The number of hydrogen-bond acceptors (Lipinski definition) is 3. The fourth-order valence-electron chi connectivity index (χ4n) is 1.89. The van der Waals surface area contributed by atoms with Crippen molar-refractivity contribution in [2.24, 2.45) is 0 Å². The normalized spacial score (nSPS) is 10.8. The van der Waals surface area contributed by atoms with Gasteiger partial charge < -0.3 is 5.32 Å². The summed E-state index contributed by atoms with van der Waals surface area (Å²) in [5, 5.41) is 3.10. The summed E-state index contributed by atoms with van der Waals surface area (Å²) in [5.74, 6) is 2.01. The molecule has 0 bridgehead atoms. The van der Waals surface area contributed by atoms with Gasteiger partial charge in [0.25, 0.3) is 0 Å². The smallest absolute Gasteiger partial charge is 0.162 e. The van der Waals surface area contributed by atoms with E-state index < -0.39 is 0 Å². The van der Waals surface area contributed by atoms with Gasteiger partial charge in [0.05, 0.1) is 0 Å². The molecular weight excluding hydrogens is 302 g/mol. The van der Waals surface area contributed by atoms with Gasteiger partial charge >= 0.3 is 0 Å². The fraction of sp³-hybridized carbons (Fsp3) is 0.333. The van der Waals surface area contributed by atoms with Gasteiger partial charge in [0, 0.05) is 28.8 Å². The highest BCUT2D eigenvalue weighted by atomic mass is 79.9. The van der Waals surface area contributed by atoms with Crippen LogP contribution in [-0.2, 0) is 0 Å². The summed E-state index contributed by atoms with van der Waals surface area (Å²) in [5.41, 5.74) is 3.29. The van der Waals surface area contributed by atoms with Gasteiger partial charge in [-0.05, 0) is 36.6 Å². The lowest BCUT2D eigenvalue weighted by Gasteiger charge is -2.11. The molecule has 0 atom stereocenters. The van der Waals surface area contributed by atoms with Crippen molar-refractivity contribution in [2.75, 3.05) is 12.4 Å². The monoisotopic (exact) mass is 319 g/mol. The molecule has 0 saturated heterocycles. The van der Waals surface area contributed by atoms with E-state index >= 15 is 0 Å². The Morgan fingerprint density at radius 3 is 2.47 bits per heavy atom. The van der Waals surface area contributed by atoms with Gasteiger partial charge in [-0.2, -0.15) is 0 Å². The average Bonchev–Trinajstić information content (AvgIpc) is 2.38. The molecule has 19 heavy (non-hydrogen) atoms. The van der Waals surface area contributed by atoms with Crippen LogP contribution in [0.1, 0.15) is 31.0 Å². The molecule has 1 aromatic carbocycles. The van der Waals surface area contributed by atoms with E-state index in [1.807, 2.05) is 19.2 Å². The maximum Gasteiger partial charge on any atom is 0.162 e. The Morgan fingerprint density at radius 1 is 1.16 bits per heavy atom. The van der Waals surface area contributed by atoms with Crippen molar-refractivity contribution in [3.63, 3.8) is 0 Å². The number of benzene rings is 1. The maximum absolute atomic E-state index is 4.68.